The number of hydrogen-bond acceptors (Lipinski definition) is 5. The minimum atomic E-state index is -0.154. The van der Waals surface area contributed by atoms with E-state index in [0.29, 0.717) is 36.5 Å². The van der Waals surface area contributed by atoms with Crippen LogP contribution in [0.3, 0.4) is 0 Å². The second kappa shape index (κ2) is 8.99. The Hall–Kier alpha value is -3.16. The predicted molar refractivity (Wildman–Crippen MR) is 151 cm³/mol. The maximum Gasteiger partial charge on any atom is 0.271 e. The first kappa shape index (κ1) is 23.0. The molecule has 0 saturated heterocycles. The summed E-state index contributed by atoms with van der Waals surface area (Å²) in [5, 5.41) is 3.18. The summed E-state index contributed by atoms with van der Waals surface area (Å²) >= 11 is 15.6. The molecule has 4 nitrogen and oxygen atoms in total. The molecule has 0 radical (unpaired) electrons. The zero-order chi connectivity index (χ0) is 25.1. The molecule has 0 spiro atoms. The molecule has 8 heteroatoms. The smallest absolute Gasteiger partial charge is 0.271 e. The van der Waals surface area contributed by atoms with Gasteiger partial charge in [-0.3, -0.25) is 9.36 Å². The Balaban J connectivity index is 1.39. The molecule has 0 N–H and O–H groups in total. The number of rotatable bonds is 3. The van der Waals surface area contributed by atoms with Gasteiger partial charge in [-0.15, -0.1) is 11.3 Å². The Bertz CT molecular complexity index is 1890. The van der Waals surface area contributed by atoms with E-state index >= 15 is 0 Å². The van der Waals surface area contributed by atoms with E-state index in [1.165, 1.54) is 22.5 Å². The van der Waals surface area contributed by atoms with Crippen LogP contribution in [0.5, 0.6) is 0 Å². The van der Waals surface area contributed by atoms with Gasteiger partial charge >= 0.3 is 0 Å². The van der Waals surface area contributed by atoms with Gasteiger partial charge in [0.15, 0.2) is 4.80 Å². The van der Waals surface area contributed by atoms with Gasteiger partial charge in [-0.25, -0.2) is 4.99 Å². The molecule has 5 aromatic rings. The molecule has 182 valence electrons. The van der Waals surface area contributed by atoms with Crippen molar-refractivity contribution < 1.29 is 4.42 Å². The number of thiazole rings is 1. The first-order valence-corrected chi connectivity index (χ1v) is 14.2. The average molecular weight is 562 g/mol. The van der Waals surface area contributed by atoms with E-state index in [9.17, 15) is 4.79 Å². The van der Waals surface area contributed by atoms with E-state index in [0.717, 1.165) is 29.0 Å². The van der Waals surface area contributed by atoms with Crippen molar-refractivity contribution in [1.82, 2.24) is 4.57 Å². The third kappa shape index (κ3) is 3.87. The van der Waals surface area contributed by atoms with E-state index in [1.54, 1.807) is 35.6 Å². The van der Waals surface area contributed by atoms with Crippen LogP contribution in [0.2, 0.25) is 10.0 Å². The van der Waals surface area contributed by atoms with Crippen LogP contribution >= 0.6 is 45.9 Å². The molecule has 4 heterocycles. The van der Waals surface area contributed by atoms with Crippen LogP contribution < -0.4 is 14.9 Å². The van der Waals surface area contributed by atoms with Crippen molar-refractivity contribution in [2.75, 3.05) is 0 Å². The third-order valence-electron chi connectivity index (χ3n) is 6.78. The van der Waals surface area contributed by atoms with Crippen LogP contribution in [0.1, 0.15) is 34.2 Å². The summed E-state index contributed by atoms with van der Waals surface area (Å²) in [7, 11) is 0. The normalized spacial score (nSPS) is 16.8. The summed E-state index contributed by atoms with van der Waals surface area (Å²) in [4.78, 5) is 20.7. The molecule has 0 fully saturated rings. The molecule has 0 bridgehead atoms. The fourth-order valence-corrected chi connectivity index (χ4v) is 7.32. The summed E-state index contributed by atoms with van der Waals surface area (Å²) in [5.74, 6) is 1.16. The molecule has 3 aromatic heterocycles. The largest absolute Gasteiger partial charge is 0.457 e. The SMILES string of the molecule is O=c1/c(=C\c2ccc(-c3cc(Cl)ccc3Cl)o2)sc2n1[C@H](c1cccs1)C1=C(N=2)c2ccccc2CC1. The molecule has 1 aliphatic heterocycles. The van der Waals surface area contributed by atoms with Crippen LogP contribution in [0.4, 0.5) is 0 Å². The number of allylic oxidation sites excluding steroid dienone is 1. The number of aromatic nitrogens is 1. The first-order valence-electron chi connectivity index (χ1n) is 11.8. The van der Waals surface area contributed by atoms with Crippen molar-refractivity contribution in [3.8, 4) is 11.3 Å². The Morgan fingerprint density at radius 1 is 1.00 bits per heavy atom. The minimum absolute atomic E-state index is 0.0636. The molecule has 0 saturated carbocycles. The van der Waals surface area contributed by atoms with Crippen molar-refractivity contribution in [1.29, 1.82) is 0 Å². The number of fused-ring (bicyclic) bond motifs is 3. The summed E-state index contributed by atoms with van der Waals surface area (Å²) in [6.07, 6.45) is 3.61. The summed E-state index contributed by atoms with van der Waals surface area (Å²) in [6, 6.07) is 21.4. The van der Waals surface area contributed by atoms with Gasteiger partial charge in [0.25, 0.3) is 5.56 Å². The fraction of sp³-hybridized carbons (Fsp3) is 0.103. The Morgan fingerprint density at radius 3 is 2.76 bits per heavy atom. The highest BCUT2D eigenvalue weighted by atomic mass is 35.5. The second-order valence-electron chi connectivity index (χ2n) is 8.96. The van der Waals surface area contributed by atoms with Gasteiger partial charge in [0, 0.05) is 27.1 Å². The molecule has 0 unspecified atom stereocenters. The Kier molecular flexibility index (Phi) is 5.59. The van der Waals surface area contributed by atoms with E-state index in [-0.39, 0.29) is 11.6 Å². The lowest BCUT2D eigenvalue weighted by molar-refractivity contribution is 0.571. The zero-order valence-electron chi connectivity index (χ0n) is 19.3. The topological polar surface area (TPSA) is 47.5 Å². The van der Waals surface area contributed by atoms with Gasteiger partial charge in [-0.05, 0) is 65.8 Å². The van der Waals surface area contributed by atoms with Gasteiger partial charge in [-0.1, -0.05) is 64.9 Å². The lowest BCUT2D eigenvalue weighted by atomic mass is 9.85. The number of furan rings is 1. The van der Waals surface area contributed by atoms with Gasteiger partial charge in [0.2, 0.25) is 0 Å². The predicted octanol–water partition coefficient (Wildman–Crippen LogP) is 6.95. The van der Waals surface area contributed by atoms with Gasteiger partial charge in [0.05, 0.1) is 21.3 Å². The number of benzene rings is 2. The lowest BCUT2D eigenvalue weighted by Crippen LogP contribution is -2.38. The number of hydrogen-bond donors (Lipinski definition) is 0. The van der Waals surface area contributed by atoms with E-state index < -0.39 is 0 Å². The zero-order valence-corrected chi connectivity index (χ0v) is 22.4. The van der Waals surface area contributed by atoms with Gasteiger partial charge < -0.3 is 4.42 Å². The minimum Gasteiger partial charge on any atom is -0.457 e. The standard InChI is InChI=1S/C29H18Cl2N2O2S2/c30-17-8-11-22(31)21(14-17)23-12-9-18(35-23)15-25-28(34)33-27(24-6-3-13-36-24)20-10-7-16-4-1-2-5-19(16)26(20)32-29(33)37-25/h1-6,8-9,11-15,27H,7,10H2/b25-15+/t27-/m0/s1. The Labute approximate surface area is 230 Å². The van der Waals surface area contributed by atoms with Crippen molar-refractivity contribution in [3.05, 3.63) is 129 Å². The number of thiophene rings is 1. The summed E-state index contributed by atoms with van der Waals surface area (Å²) in [6.45, 7) is 0. The van der Waals surface area contributed by atoms with Gasteiger partial charge in [0.1, 0.15) is 11.5 Å². The van der Waals surface area contributed by atoms with Gasteiger partial charge in [-0.2, -0.15) is 0 Å². The second-order valence-corrected chi connectivity index (χ2v) is 11.8. The quantitative estimate of drug-likeness (QED) is 0.240. The van der Waals surface area contributed by atoms with Crippen molar-refractivity contribution in [3.63, 3.8) is 0 Å². The average Bonchev–Trinajstić information content (AvgIpc) is 3.66. The molecule has 1 atom stereocenters. The van der Waals surface area contributed by atoms with E-state index in [2.05, 4.69) is 35.7 Å². The summed E-state index contributed by atoms with van der Waals surface area (Å²) < 4.78 is 8.49. The van der Waals surface area contributed by atoms with Crippen LogP contribution in [-0.4, -0.2) is 4.57 Å². The van der Waals surface area contributed by atoms with E-state index in [4.69, 9.17) is 32.6 Å². The molecule has 37 heavy (non-hydrogen) atoms. The van der Waals surface area contributed by atoms with Crippen molar-refractivity contribution in [2.24, 2.45) is 4.99 Å². The highest BCUT2D eigenvalue weighted by Crippen LogP contribution is 2.42. The molecule has 0 amide bonds. The van der Waals surface area contributed by atoms with E-state index in [1.807, 2.05) is 22.8 Å². The summed E-state index contributed by atoms with van der Waals surface area (Å²) in [5.41, 5.74) is 5.32. The van der Waals surface area contributed by atoms with Crippen LogP contribution in [0, 0.1) is 0 Å². The van der Waals surface area contributed by atoms with Crippen molar-refractivity contribution >= 4 is 57.6 Å². The lowest BCUT2D eigenvalue weighted by Gasteiger charge is -2.30. The van der Waals surface area contributed by atoms with Crippen LogP contribution in [0.15, 0.2) is 91.9 Å². The molecule has 7 rings (SSSR count). The number of nitrogens with zero attached hydrogens (tertiary/aromatic N) is 2. The Morgan fingerprint density at radius 2 is 1.89 bits per heavy atom. The monoisotopic (exact) mass is 560 g/mol. The van der Waals surface area contributed by atoms with Crippen molar-refractivity contribution in [2.45, 2.75) is 18.9 Å². The molecular formula is C29H18Cl2N2O2S2. The number of aryl methyl sites for hydroxylation is 1. The first-order chi connectivity index (χ1) is 18.1. The molecule has 2 aromatic carbocycles. The molecule has 1 aliphatic carbocycles. The molecule has 2 aliphatic rings. The van der Waals surface area contributed by atoms with Crippen LogP contribution in [0.25, 0.3) is 23.1 Å². The maximum atomic E-state index is 13.8. The van der Waals surface area contributed by atoms with Crippen LogP contribution in [-0.2, 0) is 6.42 Å². The fourth-order valence-electron chi connectivity index (χ4n) is 5.11. The number of halogens is 2. The molecular weight excluding hydrogens is 543 g/mol. The highest BCUT2D eigenvalue weighted by molar-refractivity contribution is 7.10. The third-order valence-corrected chi connectivity index (χ3v) is 9.25. The highest BCUT2D eigenvalue weighted by Gasteiger charge is 2.33. The maximum absolute atomic E-state index is 13.8.